The molecule has 100 valence electrons. The van der Waals surface area contributed by atoms with Gasteiger partial charge in [0.2, 0.25) is 11.9 Å². The van der Waals surface area contributed by atoms with E-state index < -0.39 is 0 Å². The van der Waals surface area contributed by atoms with E-state index in [0.29, 0.717) is 12.4 Å². The maximum absolute atomic E-state index is 5.94. The molecule has 4 N–H and O–H groups in total. The molecule has 0 saturated heterocycles. The Bertz CT molecular complexity index is 492. The van der Waals surface area contributed by atoms with E-state index in [9.17, 15) is 0 Å². The fourth-order valence-electron chi connectivity index (χ4n) is 2.07. The molecule has 1 aliphatic heterocycles. The van der Waals surface area contributed by atoms with Crippen LogP contribution < -0.4 is 11.5 Å². The van der Waals surface area contributed by atoms with E-state index >= 15 is 0 Å². The summed E-state index contributed by atoms with van der Waals surface area (Å²) in [5.74, 6) is 0.663. The molecule has 1 aromatic carbocycles. The highest BCUT2D eigenvalue weighted by molar-refractivity contribution is 5.95. The second-order valence-electron chi connectivity index (χ2n) is 4.39. The van der Waals surface area contributed by atoms with Crippen LogP contribution >= 0.6 is 0 Å². The highest BCUT2D eigenvalue weighted by Gasteiger charge is 2.22. The van der Waals surface area contributed by atoms with Gasteiger partial charge < -0.3 is 16.4 Å². The summed E-state index contributed by atoms with van der Waals surface area (Å²) in [6.07, 6.45) is 3.31. The molecular weight excluding hydrogens is 238 g/mol. The standard InChI is InChI=1S/C14H19N5/c1-2-6-12-17-13(15)18-14(16)19(12)10-9-11-7-4-3-5-8-11/h2-5,7-8,12H,1,6,9-10H2,(H4,15,16,17,18). The van der Waals surface area contributed by atoms with Crippen molar-refractivity contribution in [3.8, 4) is 0 Å². The molecule has 1 atom stereocenters. The third-order valence-corrected chi connectivity index (χ3v) is 3.03. The van der Waals surface area contributed by atoms with Gasteiger partial charge in [-0.1, -0.05) is 36.4 Å². The normalized spacial score (nSPS) is 18.7. The fraction of sp³-hybridized carbons (Fsp3) is 0.286. The van der Waals surface area contributed by atoms with Gasteiger partial charge in [-0.15, -0.1) is 6.58 Å². The Morgan fingerprint density at radius 2 is 2.00 bits per heavy atom. The average molecular weight is 257 g/mol. The lowest BCUT2D eigenvalue weighted by atomic mass is 10.1. The smallest absolute Gasteiger partial charge is 0.220 e. The summed E-state index contributed by atoms with van der Waals surface area (Å²) in [7, 11) is 0. The van der Waals surface area contributed by atoms with Crippen molar-refractivity contribution in [3.63, 3.8) is 0 Å². The van der Waals surface area contributed by atoms with Crippen molar-refractivity contribution in [1.82, 2.24) is 4.90 Å². The number of rotatable bonds is 5. The van der Waals surface area contributed by atoms with Crippen molar-refractivity contribution in [2.75, 3.05) is 6.54 Å². The van der Waals surface area contributed by atoms with Crippen molar-refractivity contribution in [1.29, 1.82) is 0 Å². The molecule has 1 aliphatic rings. The zero-order chi connectivity index (χ0) is 13.7. The molecule has 5 heteroatoms. The summed E-state index contributed by atoms with van der Waals surface area (Å²) >= 11 is 0. The van der Waals surface area contributed by atoms with Gasteiger partial charge >= 0.3 is 0 Å². The molecule has 19 heavy (non-hydrogen) atoms. The summed E-state index contributed by atoms with van der Waals surface area (Å²) in [4.78, 5) is 10.3. The average Bonchev–Trinajstić information content (AvgIpc) is 2.39. The topological polar surface area (TPSA) is 80.0 Å². The summed E-state index contributed by atoms with van der Waals surface area (Å²) < 4.78 is 0. The van der Waals surface area contributed by atoms with Gasteiger partial charge in [0.15, 0.2) is 0 Å². The van der Waals surface area contributed by atoms with Gasteiger partial charge in [-0.25, -0.2) is 4.99 Å². The van der Waals surface area contributed by atoms with Crippen LogP contribution in [0, 0.1) is 0 Å². The number of benzene rings is 1. The van der Waals surface area contributed by atoms with Gasteiger partial charge in [0, 0.05) is 13.0 Å². The molecule has 0 fully saturated rings. The Kier molecular flexibility index (Phi) is 4.18. The predicted molar refractivity (Wildman–Crippen MR) is 78.7 cm³/mol. The zero-order valence-electron chi connectivity index (χ0n) is 10.9. The number of nitrogens with two attached hydrogens (primary N) is 2. The van der Waals surface area contributed by atoms with Crippen molar-refractivity contribution in [3.05, 3.63) is 48.6 Å². The Hall–Kier alpha value is -2.30. The lowest BCUT2D eigenvalue weighted by Crippen LogP contribution is -2.48. The summed E-state index contributed by atoms with van der Waals surface area (Å²) in [6, 6.07) is 10.3. The first-order valence-electron chi connectivity index (χ1n) is 6.29. The van der Waals surface area contributed by atoms with Crippen molar-refractivity contribution in [2.45, 2.75) is 19.0 Å². The molecule has 0 saturated carbocycles. The Balaban J connectivity index is 2.05. The minimum atomic E-state index is -0.0984. The molecule has 0 aromatic heterocycles. The van der Waals surface area contributed by atoms with Crippen LogP contribution in [0.4, 0.5) is 0 Å². The van der Waals surface area contributed by atoms with Crippen LogP contribution in [0.25, 0.3) is 0 Å². The van der Waals surface area contributed by atoms with E-state index in [-0.39, 0.29) is 12.1 Å². The summed E-state index contributed by atoms with van der Waals surface area (Å²) in [5.41, 5.74) is 12.8. The highest BCUT2D eigenvalue weighted by atomic mass is 15.4. The van der Waals surface area contributed by atoms with Crippen LogP contribution in [0.5, 0.6) is 0 Å². The number of nitrogens with zero attached hydrogens (tertiary/aromatic N) is 3. The molecular formula is C14H19N5. The van der Waals surface area contributed by atoms with E-state index in [2.05, 4.69) is 28.7 Å². The molecule has 0 radical (unpaired) electrons. The fourth-order valence-corrected chi connectivity index (χ4v) is 2.07. The maximum atomic E-state index is 5.94. The first kappa shape index (κ1) is 13.1. The lowest BCUT2D eigenvalue weighted by molar-refractivity contribution is 0.315. The van der Waals surface area contributed by atoms with E-state index in [0.717, 1.165) is 13.0 Å². The van der Waals surface area contributed by atoms with E-state index in [1.165, 1.54) is 5.56 Å². The number of hydrogen-bond donors (Lipinski definition) is 2. The minimum Gasteiger partial charge on any atom is -0.369 e. The first-order chi connectivity index (χ1) is 9.20. The Morgan fingerprint density at radius 3 is 2.68 bits per heavy atom. The molecule has 0 aliphatic carbocycles. The van der Waals surface area contributed by atoms with Gasteiger partial charge in [0.1, 0.15) is 6.17 Å². The van der Waals surface area contributed by atoms with Crippen LogP contribution in [0.1, 0.15) is 12.0 Å². The van der Waals surface area contributed by atoms with Gasteiger partial charge in [-0.3, -0.25) is 0 Å². The minimum absolute atomic E-state index is 0.0984. The van der Waals surface area contributed by atoms with Gasteiger partial charge in [0.05, 0.1) is 0 Å². The van der Waals surface area contributed by atoms with Gasteiger partial charge in [-0.2, -0.15) is 4.99 Å². The quantitative estimate of drug-likeness (QED) is 0.774. The molecule has 1 aromatic rings. The van der Waals surface area contributed by atoms with Crippen molar-refractivity contribution < 1.29 is 0 Å². The summed E-state index contributed by atoms with van der Waals surface area (Å²) in [5, 5.41) is 0. The second kappa shape index (κ2) is 6.04. The molecule has 5 nitrogen and oxygen atoms in total. The van der Waals surface area contributed by atoms with Crippen LogP contribution in [-0.2, 0) is 6.42 Å². The third kappa shape index (κ3) is 3.34. The molecule has 1 heterocycles. The zero-order valence-corrected chi connectivity index (χ0v) is 10.9. The van der Waals surface area contributed by atoms with E-state index in [1.54, 1.807) is 0 Å². The van der Waals surface area contributed by atoms with Crippen LogP contribution in [-0.4, -0.2) is 29.5 Å². The Morgan fingerprint density at radius 1 is 1.26 bits per heavy atom. The largest absolute Gasteiger partial charge is 0.369 e. The molecule has 1 unspecified atom stereocenters. The molecule has 0 bridgehead atoms. The number of aliphatic imine (C=N–C) groups is 2. The first-order valence-corrected chi connectivity index (χ1v) is 6.29. The number of guanidine groups is 2. The van der Waals surface area contributed by atoms with Gasteiger partial charge in [0.25, 0.3) is 0 Å². The monoisotopic (exact) mass is 257 g/mol. The molecule has 0 amide bonds. The number of hydrogen-bond acceptors (Lipinski definition) is 5. The van der Waals surface area contributed by atoms with Crippen molar-refractivity contribution in [2.24, 2.45) is 21.5 Å². The molecule has 2 rings (SSSR count). The lowest BCUT2D eigenvalue weighted by Gasteiger charge is -2.32. The second-order valence-corrected chi connectivity index (χ2v) is 4.39. The van der Waals surface area contributed by atoms with Crippen molar-refractivity contribution >= 4 is 11.9 Å². The van der Waals surface area contributed by atoms with Crippen LogP contribution in [0.15, 0.2) is 53.0 Å². The molecule has 0 spiro atoms. The van der Waals surface area contributed by atoms with Crippen LogP contribution in [0.3, 0.4) is 0 Å². The maximum Gasteiger partial charge on any atom is 0.220 e. The SMILES string of the molecule is C=CCC1N=C(N)N=C(N)N1CCc1ccccc1. The highest BCUT2D eigenvalue weighted by Crippen LogP contribution is 2.12. The van der Waals surface area contributed by atoms with Gasteiger partial charge in [-0.05, 0) is 12.0 Å². The Labute approximate surface area is 113 Å². The predicted octanol–water partition coefficient (Wildman–Crippen LogP) is 1.08. The van der Waals surface area contributed by atoms with Crippen LogP contribution in [0.2, 0.25) is 0 Å². The summed E-state index contributed by atoms with van der Waals surface area (Å²) in [6.45, 7) is 4.50. The van der Waals surface area contributed by atoms with E-state index in [1.807, 2.05) is 29.2 Å². The third-order valence-electron chi connectivity index (χ3n) is 3.03. The van der Waals surface area contributed by atoms with E-state index in [4.69, 9.17) is 11.5 Å².